The van der Waals surface area contributed by atoms with E-state index in [0.717, 1.165) is 13.1 Å². The van der Waals surface area contributed by atoms with Crippen LogP contribution in [0.1, 0.15) is 68.0 Å². The van der Waals surface area contributed by atoms with Crippen LogP contribution in [0.25, 0.3) is 0 Å². The van der Waals surface area contributed by atoms with Crippen LogP contribution >= 0.6 is 11.6 Å². The fraction of sp³-hybridized carbons (Fsp3) is 0.722. The minimum Gasteiger partial charge on any atom is -0.469 e. The summed E-state index contributed by atoms with van der Waals surface area (Å²) in [6.45, 7) is 3.46. The predicted octanol–water partition coefficient (Wildman–Crippen LogP) is 5.80. The fourth-order valence-electron chi connectivity index (χ4n) is 9.49. The molecule has 0 radical (unpaired) electrons. The van der Waals surface area contributed by atoms with Gasteiger partial charge in [-0.05, 0) is 79.7 Å². The molecule has 0 aromatic carbocycles. The molecule has 11 nitrogen and oxygen atoms in total. The molecule has 0 amide bonds. The molecule has 3 saturated heterocycles. The van der Waals surface area contributed by atoms with Gasteiger partial charge in [0.05, 0.1) is 26.8 Å². The topological polar surface area (TPSA) is 114 Å². The third kappa shape index (κ3) is 6.49. The largest absolute Gasteiger partial charge is 0.469 e. The number of nitrogens with zero attached hydrogens (tertiary/aromatic N) is 7. The number of fused-ring (bicyclic) bond motifs is 4. The highest BCUT2D eigenvalue weighted by Crippen LogP contribution is 2.57. The summed E-state index contributed by atoms with van der Waals surface area (Å²) in [5, 5.41) is -0.128. The number of hydrogen-bond acceptors (Lipinski definition) is 11. The van der Waals surface area contributed by atoms with E-state index in [0.29, 0.717) is 104 Å². The first-order valence-electron chi connectivity index (χ1n) is 18.5. The van der Waals surface area contributed by atoms with Crippen molar-refractivity contribution < 1.29 is 45.4 Å². The van der Waals surface area contributed by atoms with E-state index in [1.165, 1.54) is 26.0 Å². The molecule has 294 valence electrons. The Morgan fingerprint density at radius 1 is 0.722 bits per heavy atom. The molecule has 5 heterocycles. The van der Waals surface area contributed by atoms with Crippen molar-refractivity contribution in [3.8, 4) is 0 Å². The molecule has 2 saturated carbocycles. The van der Waals surface area contributed by atoms with Gasteiger partial charge in [-0.25, -0.2) is 23.7 Å². The monoisotopic (exact) mass is 785 g/mol. The number of hydrogen-bond donors (Lipinski definition) is 0. The average Bonchev–Trinajstić information content (AvgIpc) is 3.74. The predicted molar refractivity (Wildman–Crippen MR) is 183 cm³/mol. The second-order valence-electron chi connectivity index (χ2n) is 15.9. The number of ether oxygens (including phenoxy) is 2. The van der Waals surface area contributed by atoms with E-state index >= 15 is 0 Å². The minimum atomic E-state index is -3.09. The maximum absolute atomic E-state index is 14.7. The van der Waals surface area contributed by atoms with E-state index < -0.39 is 30.4 Å². The summed E-state index contributed by atoms with van der Waals surface area (Å²) < 4.78 is 94.5. The number of halogens is 7. The number of piperidine rings is 2. The van der Waals surface area contributed by atoms with E-state index in [1.807, 2.05) is 9.80 Å². The molecule has 54 heavy (non-hydrogen) atoms. The lowest BCUT2D eigenvalue weighted by atomic mass is 9.92. The Morgan fingerprint density at radius 2 is 1.17 bits per heavy atom. The van der Waals surface area contributed by atoms with Gasteiger partial charge in [-0.1, -0.05) is 0 Å². The van der Waals surface area contributed by atoms with Crippen LogP contribution in [0, 0.1) is 35.5 Å². The molecule has 0 spiro atoms. The zero-order chi connectivity index (χ0) is 38.5. The third-order valence-corrected chi connectivity index (χ3v) is 12.9. The standard InChI is InChI=1S/C20H24F4N4O2.C16H18ClF2N3O2/c1-10-20(23,24)9-28(10)18-25-16-11(4-3-5-19(16,21)22)17(26-18)27-7-13-12(14(13)8-27)6-15(29)30-2;1-24-12(23)5-9-10-6-22(7-11(9)10)14-8-3-2-4-16(18,19)13(8)20-15(17)21-14/h10,12-14H,3-9H2,1-2H3;9-11H,2-7H2,1H3/t10?,12?,13-,14+;9?,10-,11+. The van der Waals surface area contributed by atoms with Gasteiger partial charge in [0.25, 0.3) is 17.8 Å². The van der Waals surface area contributed by atoms with Crippen LogP contribution in [0.2, 0.25) is 5.28 Å². The smallest absolute Gasteiger partial charge is 0.305 e. The SMILES string of the molecule is COC(=O)CC1[C@H]2CN(c3nc(Cl)nc4c3CCCC4(F)F)C[C@@H]12.COC(=O)CC1[C@H]2CN(c3nc(N4CC(F)(F)C4C)nc4c3CCCC4(F)F)C[C@@H]12. The van der Waals surface area contributed by atoms with Crippen LogP contribution in [0.3, 0.4) is 0 Å². The van der Waals surface area contributed by atoms with E-state index in [9.17, 15) is 35.9 Å². The van der Waals surface area contributed by atoms with Gasteiger partial charge in [0.1, 0.15) is 23.0 Å². The highest BCUT2D eigenvalue weighted by Gasteiger charge is 2.59. The van der Waals surface area contributed by atoms with Crippen LogP contribution in [0.4, 0.5) is 43.9 Å². The molecular weight excluding hydrogens is 744 g/mol. The lowest BCUT2D eigenvalue weighted by Crippen LogP contribution is -2.64. The van der Waals surface area contributed by atoms with Gasteiger partial charge >= 0.3 is 11.9 Å². The zero-order valence-corrected chi connectivity index (χ0v) is 30.9. The summed E-state index contributed by atoms with van der Waals surface area (Å²) >= 11 is 5.91. The lowest BCUT2D eigenvalue weighted by molar-refractivity contribution is -0.142. The van der Waals surface area contributed by atoms with Crippen molar-refractivity contribution >= 4 is 41.1 Å². The molecule has 4 aliphatic carbocycles. The normalized spacial score (nSPS) is 31.5. The van der Waals surface area contributed by atoms with Gasteiger partial charge < -0.3 is 24.2 Å². The summed E-state index contributed by atoms with van der Waals surface area (Å²) in [6.07, 6.45) is 2.06. The number of carbonyl (C=O) groups is 2. The molecule has 0 bridgehead atoms. The van der Waals surface area contributed by atoms with Crippen molar-refractivity contribution in [2.45, 2.75) is 82.1 Å². The Kier molecular flexibility index (Phi) is 9.15. The van der Waals surface area contributed by atoms with Gasteiger partial charge in [-0.2, -0.15) is 22.5 Å². The van der Waals surface area contributed by atoms with Gasteiger partial charge in [0.2, 0.25) is 11.2 Å². The number of alkyl halides is 6. The van der Waals surface area contributed by atoms with Crippen molar-refractivity contribution in [2.75, 3.05) is 61.6 Å². The van der Waals surface area contributed by atoms with Crippen LogP contribution in [0.15, 0.2) is 0 Å². The highest BCUT2D eigenvalue weighted by atomic mass is 35.5. The van der Waals surface area contributed by atoms with Crippen LogP contribution in [-0.4, -0.2) is 90.8 Å². The number of carbonyl (C=O) groups excluding carboxylic acids is 2. The lowest BCUT2D eigenvalue weighted by Gasteiger charge is -2.46. The number of rotatable bonds is 7. The molecule has 2 aromatic rings. The molecule has 7 atom stereocenters. The van der Waals surface area contributed by atoms with E-state index in [1.54, 1.807) is 0 Å². The van der Waals surface area contributed by atoms with Crippen molar-refractivity contribution in [1.82, 2.24) is 19.9 Å². The molecule has 5 fully saturated rings. The van der Waals surface area contributed by atoms with Crippen LogP contribution in [-0.2, 0) is 43.7 Å². The highest BCUT2D eigenvalue weighted by molar-refractivity contribution is 6.28. The first kappa shape index (κ1) is 37.3. The second kappa shape index (κ2) is 13.2. The molecule has 9 rings (SSSR count). The Morgan fingerprint density at radius 3 is 1.59 bits per heavy atom. The van der Waals surface area contributed by atoms with E-state index in [4.69, 9.17) is 21.1 Å². The number of esters is 2. The van der Waals surface area contributed by atoms with Crippen molar-refractivity contribution in [1.29, 1.82) is 0 Å². The first-order valence-corrected chi connectivity index (χ1v) is 18.9. The Labute approximate surface area is 313 Å². The molecule has 3 aliphatic heterocycles. The zero-order valence-electron chi connectivity index (χ0n) is 30.1. The minimum absolute atomic E-state index is 0.0459. The van der Waals surface area contributed by atoms with Gasteiger partial charge in [0.15, 0.2) is 0 Å². The Balaban J connectivity index is 0.000000157. The van der Waals surface area contributed by atoms with E-state index in [2.05, 4.69) is 19.9 Å². The molecule has 7 aliphatic rings. The molecule has 0 N–H and O–H groups in total. The number of aromatic nitrogens is 4. The van der Waals surface area contributed by atoms with E-state index in [-0.39, 0.29) is 53.3 Å². The number of anilines is 3. The van der Waals surface area contributed by atoms with Crippen LogP contribution < -0.4 is 14.7 Å². The third-order valence-electron chi connectivity index (χ3n) is 12.8. The summed E-state index contributed by atoms with van der Waals surface area (Å²) in [6, 6.07) is -1.13. The molecule has 18 heteroatoms. The van der Waals surface area contributed by atoms with Crippen molar-refractivity contribution in [3.05, 3.63) is 27.8 Å². The Hall–Kier alpha value is -3.63. The molecule has 3 unspecified atom stereocenters. The summed E-state index contributed by atoms with van der Waals surface area (Å²) in [4.78, 5) is 44.9. The van der Waals surface area contributed by atoms with Crippen molar-refractivity contribution in [3.63, 3.8) is 0 Å². The van der Waals surface area contributed by atoms with Gasteiger partial charge in [-0.3, -0.25) is 9.59 Å². The molecular formula is C36H42ClF6N7O4. The van der Waals surface area contributed by atoms with Crippen LogP contribution in [0.5, 0.6) is 0 Å². The first-order chi connectivity index (χ1) is 25.5. The maximum Gasteiger partial charge on any atom is 0.305 e. The summed E-state index contributed by atoms with van der Waals surface area (Å²) in [5.41, 5.74) is 0.431. The average molecular weight is 786 g/mol. The van der Waals surface area contributed by atoms with Gasteiger partial charge in [-0.15, -0.1) is 0 Å². The summed E-state index contributed by atoms with van der Waals surface area (Å²) in [5.74, 6) is -6.40. The molecule has 2 aromatic heterocycles. The quantitative estimate of drug-likeness (QED) is 0.193. The maximum atomic E-state index is 14.7. The second-order valence-corrected chi connectivity index (χ2v) is 16.2. The fourth-order valence-corrected chi connectivity index (χ4v) is 9.66. The van der Waals surface area contributed by atoms with Gasteiger partial charge in [0, 0.05) is 63.0 Å². The Bertz CT molecular complexity index is 1830. The van der Waals surface area contributed by atoms with Crippen molar-refractivity contribution in [2.24, 2.45) is 35.5 Å². The number of methoxy groups -OCH3 is 2. The summed E-state index contributed by atoms with van der Waals surface area (Å²) in [7, 11) is 2.75.